The van der Waals surface area contributed by atoms with Gasteiger partial charge in [0.1, 0.15) is 28.8 Å². The van der Waals surface area contributed by atoms with Crippen molar-refractivity contribution in [2.75, 3.05) is 18.0 Å². The molecule has 2 N–H and O–H groups in total. The molecule has 0 radical (unpaired) electrons. The third-order valence-electron chi connectivity index (χ3n) is 8.51. The van der Waals surface area contributed by atoms with Crippen LogP contribution < -0.4 is 15.0 Å². The van der Waals surface area contributed by atoms with Gasteiger partial charge in [-0.25, -0.2) is 9.88 Å². The van der Waals surface area contributed by atoms with Crippen LogP contribution in [0.25, 0.3) is 0 Å². The lowest BCUT2D eigenvalue weighted by Crippen LogP contribution is -2.50. The summed E-state index contributed by atoms with van der Waals surface area (Å²) in [5, 5.41) is 16.3. The number of benzene rings is 2. The Morgan fingerprint density at radius 1 is 1.16 bits per heavy atom. The Labute approximate surface area is 287 Å². The van der Waals surface area contributed by atoms with E-state index in [1.165, 1.54) is 52.1 Å². The third-order valence-corrected chi connectivity index (χ3v) is 8.95. The molecule has 2 aromatic carbocycles. The van der Waals surface area contributed by atoms with Crippen molar-refractivity contribution in [2.24, 2.45) is 0 Å². The molecule has 1 saturated heterocycles. The Bertz CT molecular complexity index is 1900. The van der Waals surface area contributed by atoms with E-state index in [0.29, 0.717) is 30.8 Å². The van der Waals surface area contributed by atoms with Crippen LogP contribution in [-0.2, 0) is 21.5 Å². The van der Waals surface area contributed by atoms with Gasteiger partial charge in [-0.3, -0.25) is 19.0 Å². The number of rotatable bonds is 8. The lowest BCUT2D eigenvalue weighted by Gasteiger charge is -2.33. The van der Waals surface area contributed by atoms with Crippen molar-refractivity contribution in [3.05, 3.63) is 81.8 Å². The van der Waals surface area contributed by atoms with Gasteiger partial charge in [0, 0.05) is 41.5 Å². The van der Waals surface area contributed by atoms with Crippen LogP contribution in [-0.4, -0.2) is 67.9 Å². The van der Waals surface area contributed by atoms with Gasteiger partial charge in [0.05, 0.1) is 11.9 Å². The first-order valence-corrected chi connectivity index (χ1v) is 15.9. The van der Waals surface area contributed by atoms with E-state index < -0.39 is 35.5 Å². The zero-order valence-electron chi connectivity index (χ0n) is 26.0. The molecule has 2 aliphatic rings. The van der Waals surface area contributed by atoms with Crippen LogP contribution in [0.2, 0.25) is 10.0 Å². The number of alkyl halides is 3. The molecule has 0 bridgehead atoms. The van der Waals surface area contributed by atoms with Gasteiger partial charge in [0.15, 0.2) is 0 Å². The number of halogens is 5. The van der Waals surface area contributed by atoms with E-state index in [1.54, 1.807) is 18.7 Å². The molecule has 1 unspecified atom stereocenters. The molecule has 17 heteroatoms. The number of nitrogens with zero attached hydrogens (tertiary/aromatic N) is 5. The second-order valence-electron chi connectivity index (χ2n) is 12.1. The number of amides is 3. The molecule has 2 aliphatic heterocycles. The smallest absolute Gasteiger partial charge is 0.491 e. The zero-order chi connectivity index (χ0) is 35.2. The molecule has 0 saturated carbocycles. The summed E-state index contributed by atoms with van der Waals surface area (Å²) in [4.78, 5) is 48.9. The number of likely N-dealkylation sites (tertiary alicyclic amines) is 1. The predicted molar refractivity (Wildman–Crippen MR) is 170 cm³/mol. The summed E-state index contributed by atoms with van der Waals surface area (Å²) in [6.45, 7) is 3.87. The summed E-state index contributed by atoms with van der Waals surface area (Å²) < 4.78 is 48.8. The van der Waals surface area contributed by atoms with Crippen LogP contribution in [0.3, 0.4) is 0 Å². The molecule has 12 nitrogen and oxygen atoms in total. The largest absolute Gasteiger partial charge is 0.573 e. The number of carbonyl (C=O) groups is 3. The summed E-state index contributed by atoms with van der Waals surface area (Å²) in [5.74, 6) is -1.89. The minimum atomic E-state index is -4.88. The Balaban J connectivity index is 1.28. The van der Waals surface area contributed by atoms with Gasteiger partial charge in [0.2, 0.25) is 11.9 Å². The number of carbonyl (C=O) groups excluding carboxylic acids is 3. The molecular formula is C32H29Cl2F3N6O6. The normalized spacial score (nSPS) is 19.9. The average Bonchev–Trinajstić information content (AvgIpc) is 3.72. The maximum atomic E-state index is 14.3. The number of nitrogens with one attached hydrogen (secondary N) is 1. The minimum Gasteiger partial charge on any atom is -0.491 e. The molecule has 3 amide bonds. The van der Waals surface area contributed by atoms with E-state index in [1.807, 2.05) is 0 Å². The molecule has 2 aromatic heterocycles. The Kier molecular flexibility index (Phi) is 9.00. The summed E-state index contributed by atoms with van der Waals surface area (Å²) in [7, 11) is 0. The SMILES string of the molecule is CC(NC(=O)c1cnc2n1[C@](C)(Cc1ccc(OC(F)(F)F)cc1)C(=O)N2c1cc(Cl)cc(Cl)c1)C(=O)N1CCC[C@@H](c2cc(O)no2)C1. The van der Waals surface area contributed by atoms with E-state index >= 15 is 0 Å². The van der Waals surface area contributed by atoms with Crippen LogP contribution >= 0.6 is 23.2 Å². The van der Waals surface area contributed by atoms with Gasteiger partial charge in [0.25, 0.3) is 17.7 Å². The molecule has 4 aromatic rings. The molecule has 0 spiro atoms. The first-order chi connectivity index (χ1) is 23.1. The second-order valence-corrected chi connectivity index (χ2v) is 13.0. The van der Waals surface area contributed by atoms with Crippen molar-refractivity contribution in [1.82, 2.24) is 24.9 Å². The highest BCUT2D eigenvalue weighted by molar-refractivity contribution is 6.35. The van der Waals surface area contributed by atoms with Gasteiger partial charge in [-0.2, -0.15) is 0 Å². The lowest BCUT2D eigenvalue weighted by atomic mass is 9.91. The van der Waals surface area contributed by atoms with Gasteiger partial charge in [-0.15, -0.1) is 13.2 Å². The number of anilines is 2. The topological polar surface area (TPSA) is 143 Å². The highest BCUT2D eigenvalue weighted by atomic mass is 35.5. The standard InChI is InChI=1S/C32H29Cl2F3N6O6/c1-17(28(46)41-9-3-4-19(16-41)25-13-26(44)40-49-25)39-27(45)24-15-38-30-42(22-11-20(33)10-21(34)12-22)29(47)31(2,43(24)30)14-18-5-7-23(8-6-18)48-32(35,36)37/h5-8,10-13,15,17,19H,3-4,9,14,16H2,1-2H3,(H,39,45)(H,40,44)/t17?,19-,31-/m1/s1. The third kappa shape index (κ3) is 6.90. The van der Waals surface area contributed by atoms with E-state index in [-0.39, 0.29) is 51.5 Å². The molecule has 0 aliphatic carbocycles. The van der Waals surface area contributed by atoms with Crippen LogP contribution in [0.5, 0.6) is 11.6 Å². The maximum absolute atomic E-state index is 14.3. The fraction of sp³-hybridized carbons (Fsp3) is 0.344. The predicted octanol–water partition coefficient (Wildman–Crippen LogP) is 5.94. The van der Waals surface area contributed by atoms with Crippen LogP contribution in [0, 0.1) is 0 Å². The first kappa shape index (κ1) is 34.1. The fourth-order valence-corrected chi connectivity index (χ4v) is 6.84. The van der Waals surface area contributed by atoms with Crippen molar-refractivity contribution < 1.29 is 41.9 Å². The van der Waals surface area contributed by atoms with E-state index in [9.17, 15) is 32.7 Å². The van der Waals surface area contributed by atoms with Crippen LogP contribution in [0.1, 0.15) is 54.4 Å². The summed E-state index contributed by atoms with van der Waals surface area (Å²) in [6, 6.07) is 9.97. The number of piperidine rings is 1. The van der Waals surface area contributed by atoms with Gasteiger partial charge >= 0.3 is 6.36 Å². The molecule has 1 fully saturated rings. The highest BCUT2D eigenvalue weighted by Gasteiger charge is 2.51. The molecule has 3 atom stereocenters. The van der Waals surface area contributed by atoms with Crippen molar-refractivity contribution >= 4 is 52.6 Å². The molecular weight excluding hydrogens is 692 g/mol. The van der Waals surface area contributed by atoms with Gasteiger partial charge in [-0.1, -0.05) is 35.3 Å². The summed E-state index contributed by atoms with van der Waals surface area (Å²) in [5.41, 5.74) is -0.810. The maximum Gasteiger partial charge on any atom is 0.573 e. The summed E-state index contributed by atoms with van der Waals surface area (Å²) in [6.07, 6.45) is -2.27. The Morgan fingerprint density at radius 3 is 2.49 bits per heavy atom. The second kappa shape index (κ2) is 12.9. The Hall–Kier alpha value is -4.76. The number of hydrogen-bond acceptors (Lipinski definition) is 8. The molecule has 258 valence electrons. The fourth-order valence-electron chi connectivity index (χ4n) is 6.32. The average molecular weight is 722 g/mol. The number of ether oxygens (including phenoxy) is 1. The van der Waals surface area contributed by atoms with Crippen molar-refractivity contribution in [3.63, 3.8) is 0 Å². The lowest BCUT2D eigenvalue weighted by molar-refractivity contribution is -0.274. The quantitative estimate of drug-likeness (QED) is 0.228. The molecule has 4 heterocycles. The molecule has 49 heavy (non-hydrogen) atoms. The van der Waals surface area contributed by atoms with Crippen molar-refractivity contribution in [3.8, 4) is 11.6 Å². The van der Waals surface area contributed by atoms with Gasteiger partial charge < -0.3 is 24.6 Å². The number of aromatic hydroxyl groups is 1. The van der Waals surface area contributed by atoms with E-state index in [4.69, 9.17) is 27.7 Å². The molecule has 6 rings (SSSR count). The zero-order valence-corrected chi connectivity index (χ0v) is 27.5. The number of fused-ring (bicyclic) bond motifs is 1. The van der Waals surface area contributed by atoms with Crippen LogP contribution in [0.4, 0.5) is 24.8 Å². The van der Waals surface area contributed by atoms with Crippen LogP contribution in [0.15, 0.2) is 59.3 Å². The monoisotopic (exact) mass is 720 g/mol. The first-order valence-electron chi connectivity index (χ1n) is 15.1. The minimum absolute atomic E-state index is 0.0354. The van der Waals surface area contributed by atoms with E-state index in [0.717, 1.165) is 18.6 Å². The van der Waals surface area contributed by atoms with Crippen molar-refractivity contribution in [1.29, 1.82) is 0 Å². The van der Waals surface area contributed by atoms with Crippen molar-refractivity contribution in [2.45, 2.75) is 57.0 Å². The number of aromatic nitrogens is 3. The Morgan fingerprint density at radius 2 is 1.86 bits per heavy atom. The number of hydrogen-bond donors (Lipinski definition) is 2. The van der Waals surface area contributed by atoms with E-state index in [2.05, 4.69) is 20.2 Å². The van der Waals surface area contributed by atoms with Gasteiger partial charge in [-0.05, 0) is 67.7 Å². The number of imidazole rings is 1. The summed E-state index contributed by atoms with van der Waals surface area (Å²) >= 11 is 12.5. The highest BCUT2D eigenvalue weighted by Crippen LogP contribution is 2.44.